The minimum Gasteiger partial charge on any atom is -0.394 e. The first-order valence-corrected chi connectivity index (χ1v) is 5.77. The summed E-state index contributed by atoms with van der Waals surface area (Å²) in [4.78, 5) is 22.3. The summed E-state index contributed by atoms with van der Waals surface area (Å²) >= 11 is 0. The van der Waals surface area contributed by atoms with E-state index in [4.69, 9.17) is 15.6 Å². The molecule has 0 bridgehead atoms. The number of nitrogens with zero attached hydrogens (tertiary/aromatic N) is 3. The summed E-state index contributed by atoms with van der Waals surface area (Å²) in [6.45, 7) is -0.314. The van der Waals surface area contributed by atoms with E-state index in [2.05, 4.69) is 15.0 Å². The van der Waals surface area contributed by atoms with Crippen LogP contribution >= 0.6 is 0 Å². The number of fused-ring (bicyclic) bond motifs is 1. The number of aliphatic hydroxyl groups excluding tert-OH is 2. The summed E-state index contributed by atoms with van der Waals surface area (Å²) in [5.41, 5.74) is 5.85. The maximum absolute atomic E-state index is 11.9. The van der Waals surface area contributed by atoms with E-state index in [1.54, 1.807) is 0 Å². The Morgan fingerprint density at radius 3 is 3.05 bits per heavy atom. The number of aromatic nitrogens is 4. The molecule has 2 aromatic rings. The van der Waals surface area contributed by atoms with Crippen molar-refractivity contribution in [3.63, 3.8) is 0 Å². The third-order valence-corrected chi connectivity index (χ3v) is 3.21. The lowest BCUT2D eigenvalue weighted by Crippen LogP contribution is -2.25. The number of hydrogen-bond donors (Lipinski definition) is 4. The van der Waals surface area contributed by atoms with Crippen molar-refractivity contribution >= 4 is 17.0 Å². The molecular weight excluding hydrogens is 254 g/mol. The number of anilines is 1. The molecule has 9 heteroatoms. The van der Waals surface area contributed by atoms with Gasteiger partial charge in [-0.05, 0) is 0 Å². The SMILES string of the molecule is Nc1ncnc2c1[nH]c(=O)n2C1CC(O)C(CO)O1. The van der Waals surface area contributed by atoms with E-state index < -0.39 is 24.1 Å². The molecule has 19 heavy (non-hydrogen) atoms. The quantitative estimate of drug-likeness (QED) is 0.510. The van der Waals surface area contributed by atoms with Crippen molar-refractivity contribution in [2.24, 2.45) is 0 Å². The molecule has 0 spiro atoms. The molecule has 3 atom stereocenters. The van der Waals surface area contributed by atoms with E-state index in [9.17, 15) is 9.90 Å². The van der Waals surface area contributed by atoms with E-state index in [0.717, 1.165) is 0 Å². The van der Waals surface area contributed by atoms with E-state index in [-0.39, 0.29) is 18.8 Å². The molecule has 102 valence electrons. The van der Waals surface area contributed by atoms with Crippen molar-refractivity contribution in [1.82, 2.24) is 19.5 Å². The third kappa shape index (κ3) is 1.79. The normalized spacial score (nSPS) is 27.2. The van der Waals surface area contributed by atoms with Gasteiger partial charge in [-0.2, -0.15) is 0 Å². The number of H-pyrrole nitrogens is 1. The Kier molecular flexibility index (Phi) is 2.73. The summed E-state index contributed by atoms with van der Waals surface area (Å²) in [7, 11) is 0. The summed E-state index contributed by atoms with van der Waals surface area (Å²) in [6.07, 6.45) is -0.784. The molecule has 1 aliphatic rings. The van der Waals surface area contributed by atoms with Crippen molar-refractivity contribution in [3.8, 4) is 0 Å². The van der Waals surface area contributed by atoms with Crippen LogP contribution in [0, 0.1) is 0 Å². The van der Waals surface area contributed by atoms with Crippen LogP contribution in [-0.4, -0.2) is 48.5 Å². The molecule has 2 aromatic heterocycles. The van der Waals surface area contributed by atoms with E-state index >= 15 is 0 Å². The molecule has 1 aliphatic heterocycles. The lowest BCUT2D eigenvalue weighted by Gasteiger charge is -2.12. The molecule has 3 heterocycles. The highest BCUT2D eigenvalue weighted by atomic mass is 16.5. The van der Waals surface area contributed by atoms with Crippen LogP contribution in [0.2, 0.25) is 0 Å². The van der Waals surface area contributed by atoms with Crippen LogP contribution in [0.5, 0.6) is 0 Å². The molecule has 3 rings (SSSR count). The average molecular weight is 267 g/mol. The minimum atomic E-state index is -0.828. The number of nitrogens with one attached hydrogen (secondary N) is 1. The number of aromatic amines is 1. The van der Waals surface area contributed by atoms with Gasteiger partial charge in [0.2, 0.25) is 0 Å². The summed E-state index contributed by atoms with van der Waals surface area (Å²) in [5.74, 6) is 0.165. The van der Waals surface area contributed by atoms with E-state index in [1.165, 1.54) is 10.9 Å². The highest BCUT2D eigenvalue weighted by Gasteiger charge is 2.36. The standard InChI is InChI=1S/C10H13N5O4/c11-8-7-9(13-3-12-8)15(10(18)14-7)6-1-4(17)5(2-16)19-6/h3-6,16-17H,1-2H2,(H,14,18)(H2,11,12,13). The first kappa shape index (κ1) is 12.1. The van der Waals surface area contributed by atoms with E-state index in [1.807, 2.05) is 0 Å². The fourth-order valence-corrected chi connectivity index (χ4v) is 2.26. The van der Waals surface area contributed by atoms with Crippen LogP contribution in [0.4, 0.5) is 5.82 Å². The van der Waals surface area contributed by atoms with Crippen LogP contribution in [0.15, 0.2) is 11.1 Å². The van der Waals surface area contributed by atoms with Crippen molar-refractivity contribution in [2.45, 2.75) is 24.9 Å². The van der Waals surface area contributed by atoms with Gasteiger partial charge in [0.05, 0.1) is 12.7 Å². The fraction of sp³-hybridized carbons (Fsp3) is 0.500. The molecule has 1 fully saturated rings. The maximum Gasteiger partial charge on any atom is 0.329 e. The predicted molar refractivity (Wildman–Crippen MR) is 64.2 cm³/mol. The zero-order valence-electron chi connectivity index (χ0n) is 9.85. The van der Waals surface area contributed by atoms with Gasteiger partial charge in [0.15, 0.2) is 11.5 Å². The van der Waals surface area contributed by atoms with Gasteiger partial charge in [0.1, 0.15) is 24.2 Å². The monoisotopic (exact) mass is 267 g/mol. The Bertz CT molecular complexity index is 665. The van der Waals surface area contributed by atoms with Gasteiger partial charge >= 0.3 is 5.69 Å². The Morgan fingerprint density at radius 1 is 1.58 bits per heavy atom. The molecule has 0 radical (unpaired) electrons. The second kappa shape index (κ2) is 4.30. The lowest BCUT2D eigenvalue weighted by molar-refractivity contribution is -0.0441. The highest BCUT2D eigenvalue weighted by Crippen LogP contribution is 2.29. The molecule has 0 aliphatic carbocycles. The number of hydrogen-bond acceptors (Lipinski definition) is 7. The molecular formula is C10H13N5O4. The van der Waals surface area contributed by atoms with Gasteiger partial charge < -0.3 is 25.7 Å². The first-order valence-electron chi connectivity index (χ1n) is 5.77. The van der Waals surface area contributed by atoms with Crippen LogP contribution in [0.3, 0.4) is 0 Å². The number of nitrogens with two attached hydrogens (primary N) is 1. The molecule has 9 nitrogen and oxygen atoms in total. The summed E-state index contributed by atoms with van der Waals surface area (Å²) < 4.78 is 6.71. The summed E-state index contributed by atoms with van der Waals surface area (Å²) in [5, 5.41) is 18.8. The van der Waals surface area contributed by atoms with Gasteiger partial charge in [-0.25, -0.2) is 19.3 Å². The van der Waals surface area contributed by atoms with Crippen LogP contribution in [0.1, 0.15) is 12.6 Å². The fourth-order valence-electron chi connectivity index (χ4n) is 2.26. The van der Waals surface area contributed by atoms with Crippen molar-refractivity contribution in [3.05, 3.63) is 16.8 Å². The second-order valence-electron chi connectivity index (χ2n) is 4.37. The molecule has 3 unspecified atom stereocenters. The second-order valence-corrected chi connectivity index (χ2v) is 4.37. The zero-order valence-corrected chi connectivity index (χ0v) is 9.85. The van der Waals surface area contributed by atoms with Crippen molar-refractivity contribution in [1.29, 1.82) is 0 Å². The lowest BCUT2D eigenvalue weighted by atomic mass is 10.2. The molecule has 0 amide bonds. The Labute approximate surface area is 106 Å². The summed E-state index contributed by atoms with van der Waals surface area (Å²) in [6, 6.07) is 0. The average Bonchev–Trinajstić information content (AvgIpc) is 2.90. The number of nitrogen functional groups attached to an aromatic ring is 1. The molecule has 0 aromatic carbocycles. The smallest absolute Gasteiger partial charge is 0.329 e. The topological polar surface area (TPSA) is 139 Å². The van der Waals surface area contributed by atoms with Gasteiger partial charge in [0, 0.05) is 6.42 Å². The molecule has 1 saturated heterocycles. The van der Waals surface area contributed by atoms with Gasteiger partial charge in [-0.1, -0.05) is 0 Å². The number of imidazole rings is 1. The zero-order chi connectivity index (χ0) is 13.6. The first-order chi connectivity index (χ1) is 9.11. The van der Waals surface area contributed by atoms with Crippen LogP contribution < -0.4 is 11.4 Å². The number of aliphatic hydroxyl groups is 2. The van der Waals surface area contributed by atoms with Gasteiger partial charge in [0.25, 0.3) is 0 Å². The third-order valence-electron chi connectivity index (χ3n) is 3.21. The van der Waals surface area contributed by atoms with Gasteiger partial charge in [-0.3, -0.25) is 0 Å². The predicted octanol–water partition coefficient (Wildman–Crippen LogP) is -1.66. The maximum atomic E-state index is 11.9. The largest absolute Gasteiger partial charge is 0.394 e. The van der Waals surface area contributed by atoms with Gasteiger partial charge in [-0.15, -0.1) is 0 Å². The van der Waals surface area contributed by atoms with E-state index in [0.29, 0.717) is 11.2 Å². The Hall–Kier alpha value is -1.97. The van der Waals surface area contributed by atoms with Crippen LogP contribution in [0.25, 0.3) is 11.2 Å². The van der Waals surface area contributed by atoms with Crippen molar-refractivity contribution < 1.29 is 14.9 Å². The molecule has 0 saturated carbocycles. The van der Waals surface area contributed by atoms with Crippen molar-refractivity contribution in [2.75, 3.05) is 12.3 Å². The minimum absolute atomic E-state index is 0.165. The highest BCUT2D eigenvalue weighted by molar-refractivity contribution is 5.81. The van der Waals surface area contributed by atoms with Crippen LogP contribution in [-0.2, 0) is 4.74 Å². The molecule has 5 N–H and O–H groups in total. The number of ether oxygens (including phenoxy) is 1. The number of rotatable bonds is 2. The Morgan fingerprint density at radius 2 is 2.37 bits per heavy atom. The Balaban J connectivity index is 2.09.